The Hall–Kier alpha value is -1.05. The van der Waals surface area contributed by atoms with Crippen LogP contribution in [0.1, 0.15) is 20.3 Å². The summed E-state index contributed by atoms with van der Waals surface area (Å²) in [5.41, 5.74) is 0. The quantitative estimate of drug-likeness (QED) is 0.838. The molecule has 2 N–H and O–H groups in total. The Bertz CT molecular complexity index is 532. The largest absolute Gasteiger partial charge is 0.396 e. The van der Waals surface area contributed by atoms with E-state index in [9.17, 15) is 17.2 Å². The van der Waals surface area contributed by atoms with Crippen LogP contribution in [-0.4, -0.2) is 26.2 Å². The fourth-order valence-corrected chi connectivity index (χ4v) is 3.12. The average molecular weight is 293 g/mol. The number of aliphatic hydroxyl groups is 1. The zero-order valence-electron chi connectivity index (χ0n) is 10.7. The molecule has 0 aliphatic carbocycles. The lowest BCUT2D eigenvalue weighted by molar-refractivity contribution is 0.255. The molecule has 0 spiro atoms. The Balaban J connectivity index is 3.06. The van der Waals surface area contributed by atoms with Gasteiger partial charge in [0.25, 0.3) is 0 Å². The molecule has 0 fully saturated rings. The highest BCUT2D eigenvalue weighted by atomic mass is 32.2. The minimum atomic E-state index is -4.16. The zero-order valence-corrected chi connectivity index (χ0v) is 11.5. The molecule has 0 radical (unpaired) electrons. The third-order valence-corrected chi connectivity index (χ3v) is 4.24. The number of benzene rings is 1. The van der Waals surface area contributed by atoms with Crippen molar-refractivity contribution in [3.05, 3.63) is 29.8 Å². The third kappa shape index (κ3) is 4.22. The minimum absolute atomic E-state index is 0.0847. The van der Waals surface area contributed by atoms with Crippen LogP contribution in [0.5, 0.6) is 0 Å². The van der Waals surface area contributed by atoms with Crippen molar-refractivity contribution < 1.29 is 22.3 Å². The van der Waals surface area contributed by atoms with Crippen LogP contribution in [0, 0.1) is 17.6 Å². The number of hydrogen-bond acceptors (Lipinski definition) is 3. The monoisotopic (exact) mass is 293 g/mol. The van der Waals surface area contributed by atoms with Gasteiger partial charge in [0.2, 0.25) is 10.0 Å². The van der Waals surface area contributed by atoms with Gasteiger partial charge >= 0.3 is 0 Å². The fourth-order valence-electron chi connectivity index (χ4n) is 1.61. The van der Waals surface area contributed by atoms with Crippen molar-refractivity contribution in [2.75, 3.05) is 6.61 Å². The van der Waals surface area contributed by atoms with Crippen LogP contribution in [0.15, 0.2) is 23.1 Å². The fraction of sp³-hybridized carbons (Fsp3) is 0.500. The highest BCUT2D eigenvalue weighted by Gasteiger charge is 2.25. The van der Waals surface area contributed by atoms with Gasteiger partial charge in [0.1, 0.15) is 16.5 Å². The summed E-state index contributed by atoms with van der Waals surface area (Å²) in [5.74, 6) is -1.93. The van der Waals surface area contributed by atoms with Gasteiger partial charge in [-0.2, -0.15) is 0 Å². The number of aliphatic hydroxyl groups excluding tert-OH is 1. The standard InChI is InChI=1S/C12H17F2NO3S/c1-8(2)11(5-6-16)15-19(17,18)12-7-9(13)3-4-10(12)14/h3-4,7-8,11,15-16H,5-6H2,1-2H3/t11-/m0/s1. The Labute approximate surface area is 111 Å². The third-order valence-electron chi connectivity index (χ3n) is 2.73. The molecule has 0 bridgehead atoms. The summed E-state index contributed by atoms with van der Waals surface area (Å²) >= 11 is 0. The number of halogens is 2. The minimum Gasteiger partial charge on any atom is -0.396 e. The SMILES string of the molecule is CC(C)[C@H](CCO)NS(=O)(=O)c1cc(F)ccc1F. The summed E-state index contributed by atoms with van der Waals surface area (Å²) in [6, 6.07) is 1.70. The molecule has 1 aromatic rings. The first-order valence-electron chi connectivity index (χ1n) is 5.86. The van der Waals surface area contributed by atoms with Crippen LogP contribution in [-0.2, 0) is 10.0 Å². The van der Waals surface area contributed by atoms with E-state index < -0.39 is 32.6 Å². The molecular formula is C12H17F2NO3S. The first kappa shape index (κ1) is 16.0. The summed E-state index contributed by atoms with van der Waals surface area (Å²) in [7, 11) is -4.16. The first-order chi connectivity index (χ1) is 8.77. The first-order valence-corrected chi connectivity index (χ1v) is 7.34. The van der Waals surface area contributed by atoms with Crippen molar-refractivity contribution in [2.24, 2.45) is 5.92 Å². The van der Waals surface area contributed by atoms with Crippen molar-refractivity contribution in [3.63, 3.8) is 0 Å². The van der Waals surface area contributed by atoms with Gasteiger partial charge in [0, 0.05) is 12.6 Å². The van der Waals surface area contributed by atoms with Gasteiger partial charge in [-0.25, -0.2) is 21.9 Å². The van der Waals surface area contributed by atoms with E-state index in [4.69, 9.17) is 5.11 Å². The van der Waals surface area contributed by atoms with E-state index in [1.807, 2.05) is 0 Å². The molecule has 4 nitrogen and oxygen atoms in total. The molecule has 0 aliphatic rings. The molecule has 108 valence electrons. The summed E-state index contributed by atoms with van der Waals surface area (Å²) < 4.78 is 52.8. The number of rotatable bonds is 6. The molecule has 19 heavy (non-hydrogen) atoms. The molecule has 0 saturated heterocycles. The topological polar surface area (TPSA) is 66.4 Å². The van der Waals surface area contributed by atoms with E-state index in [1.165, 1.54) is 0 Å². The second-order valence-corrected chi connectivity index (χ2v) is 6.24. The van der Waals surface area contributed by atoms with Crippen LogP contribution < -0.4 is 4.72 Å². The predicted octanol–water partition coefficient (Wildman–Crippen LogP) is 1.65. The molecule has 7 heteroatoms. The zero-order chi connectivity index (χ0) is 14.6. The van der Waals surface area contributed by atoms with Crippen molar-refractivity contribution in [3.8, 4) is 0 Å². The second-order valence-electron chi connectivity index (χ2n) is 4.56. The van der Waals surface area contributed by atoms with Gasteiger partial charge in [0.05, 0.1) is 0 Å². The van der Waals surface area contributed by atoms with E-state index in [0.29, 0.717) is 6.07 Å². The molecule has 0 amide bonds. The Morgan fingerprint density at radius 3 is 2.47 bits per heavy atom. The van der Waals surface area contributed by atoms with Gasteiger partial charge < -0.3 is 5.11 Å². The molecule has 0 unspecified atom stereocenters. The smallest absolute Gasteiger partial charge is 0.243 e. The van der Waals surface area contributed by atoms with Gasteiger partial charge in [-0.1, -0.05) is 13.8 Å². The van der Waals surface area contributed by atoms with E-state index in [0.717, 1.165) is 12.1 Å². The van der Waals surface area contributed by atoms with Gasteiger partial charge in [-0.05, 0) is 30.5 Å². The van der Waals surface area contributed by atoms with Crippen LogP contribution in [0.25, 0.3) is 0 Å². The maximum Gasteiger partial charge on any atom is 0.243 e. The summed E-state index contributed by atoms with van der Waals surface area (Å²) in [6.07, 6.45) is 0.202. The van der Waals surface area contributed by atoms with Crippen molar-refractivity contribution >= 4 is 10.0 Å². The molecule has 0 aliphatic heterocycles. The van der Waals surface area contributed by atoms with Gasteiger partial charge in [-0.3, -0.25) is 0 Å². The summed E-state index contributed by atoms with van der Waals surface area (Å²) in [6.45, 7) is 3.34. The molecule has 0 saturated carbocycles. The number of nitrogens with one attached hydrogen (secondary N) is 1. The Kier molecular flexibility index (Phi) is 5.39. The lowest BCUT2D eigenvalue weighted by Gasteiger charge is -2.21. The lowest BCUT2D eigenvalue weighted by atomic mass is 10.0. The van der Waals surface area contributed by atoms with Crippen LogP contribution in [0.3, 0.4) is 0 Å². The average Bonchev–Trinajstić information content (AvgIpc) is 2.31. The molecule has 1 rings (SSSR count). The Morgan fingerprint density at radius 1 is 1.32 bits per heavy atom. The molecule has 1 aromatic carbocycles. The van der Waals surface area contributed by atoms with Crippen molar-refractivity contribution in [1.82, 2.24) is 4.72 Å². The maximum absolute atomic E-state index is 13.5. The number of sulfonamides is 1. The molecular weight excluding hydrogens is 276 g/mol. The number of hydrogen-bond donors (Lipinski definition) is 2. The highest BCUT2D eigenvalue weighted by molar-refractivity contribution is 7.89. The van der Waals surface area contributed by atoms with Crippen LogP contribution in [0.2, 0.25) is 0 Å². The van der Waals surface area contributed by atoms with Gasteiger partial charge in [-0.15, -0.1) is 0 Å². The Morgan fingerprint density at radius 2 is 1.95 bits per heavy atom. The van der Waals surface area contributed by atoms with Crippen LogP contribution in [0.4, 0.5) is 8.78 Å². The predicted molar refractivity (Wildman–Crippen MR) is 67.0 cm³/mol. The summed E-state index contributed by atoms with van der Waals surface area (Å²) in [5, 5.41) is 8.88. The normalized spacial score (nSPS) is 13.8. The maximum atomic E-state index is 13.5. The highest BCUT2D eigenvalue weighted by Crippen LogP contribution is 2.18. The molecule has 1 atom stereocenters. The van der Waals surface area contributed by atoms with E-state index >= 15 is 0 Å². The van der Waals surface area contributed by atoms with E-state index in [2.05, 4.69) is 4.72 Å². The van der Waals surface area contributed by atoms with Crippen LogP contribution >= 0.6 is 0 Å². The van der Waals surface area contributed by atoms with Crippen molar-refractivity contribution in [1.29, 1.82) is 0 Å². The molecule has 0 aromatic heterocycles. The van der Waals surface area contributed by atoms with E-state index in [-0.39, 0.29) is 18.9 Å². The lowest BCUT2D eigenvalue weighted by Crippen LogP contribution is -2.39. The van der Waals surface area contributed by atoms with Crippen molar-refractivity contribution in [2.45, 2.75) is 31.2 Å². The second kappa shape index (κ2) is 6.40. The summed E-state index contributed by atoms with van der Waals surface area (Å²) in [4.78, 5) is -0.726. The van der Waals surface area contributed by atoms with E-state index in [1.54, 1.807) is 13.8 Å². The van der Waals surface area contributed by atoms with Gasteiger partial charge in [0.15, 0.2) is 0 Å². The molecule has 0 heterocycles.